The van der Waals surface area contributed by atoms with Crippen LogP contribution in [-0.2, 0) is 28.6 Å². The zero-order valence-electron chi connectivity index (χ0n) is 39.5. The van der Waals surface area contributed by atoms with Crippen molar-refractivity contribution in [3.05, 3.63) is 24.3 Å². The van der Waals surface area contributed by atoms with Gasteiger partial charge in [0.15, 0.2) is 6.10 Å². The molecule has 0 saturated heterocycles. The van der Waals surface area contributed by atoms with E-state index in [1.165, 1.54) is 167 Å². The van der Waals surface area contributed by atoms with Gasteiger partial charge in [-0.15, -0.1) is 0 Å². The third-order valence-electron chi connectivity index (χ3n) is 11.4. The fraction of sp³-hybridized carbons (Fsp3) is 0.868. The molecule has 0 aromatic heterocycles. The summed E-state index contributed by atoms with van der Waals surface area (Å²) in [6, 6.07) is 0. The fourth-order valence-electron chi connectivity index (χ4n) is 7.49. The second-order valence-corrected chi connectivity index (χ2v) is 17.4. The van der Waals surface area contributed by atoms with Crippen molar-refractivity contribution in [1.29, 1.82) is 0 Å². The van der Waals surface area contributed by atoms with Crippen LogP contribution in [0.1, 0.15) is 278 Å². The summed E-state index contributed by atoms with van der Waals surface area (Å²) >= 11 is 0. The van der Waals surface area contributed by atoms with Crippen molar-refractivity contribution in [2.75, 3.05) is 13.2 Å². The third kappa shape index (κ3) is 46.8. The van der Waals surface area contributed by atoms with Crippen LogP contribution in [-0.4, -0.2) is 37.2 Å². The van der Waals surface area contributed by atoms with Gasteiger partial charge in [-0.3, -0.25) is 14.4 Å². The van der Waals surface area contributed by atoms with Crippen LogP contribution in [0.25, 0.3) is 0 Å². The lowest BCUT2D eigenvalue weighted by Crippen LogP contribution is -2.30. The third-order valence-corrected chi connectivity index (χ3v) is 11.4. The van der Waals surface area contributed by atoms with Crippen LogP contribution >= 0.6 is 0 Å². The first-order valence-corrected chi connectivity index (χ1v) is 25.8. The minimum absolute atomic E-state index is 0.0747. The predicted octanol–water partition coefficient (Wildman–Crippen LogP) is 16.8. The molecule has 1 atom stereocenters. The Balaban J connectivity index is 4.35. The van der Waals surface area contributed by atoms with Crippen LogP contribution in [0.3, 0.4) is 0 Å². The largest absolute Gasteiger partial charge is 0.462 e. The van der Waals surface area contributed by atoms with E-state index >= 15 is 0 Å². The molecule has 0 amide bonds. The van der Waals surface area contributed by atoms with Gasteiger partial charge in [0, 0.05) is 19.3 Å². The van der Waals surface area contributed by atoms with E-state index in [9.17, 15) is 14.4 Å². The summed E-state index contributed by atoms with van der Waals surface area (Å²) in [7, 11) is 0. The second kappa shape index (κ2) is 48.6. The van der Waals surface area contributed by atoms with E-state index in [1.807, 2.05) is 0 Å². The Kier molecular flexibility index (Phi) is 46.8. The molecular weight excluding hydrogens is 733 g/mol. The Bertz CT molecular complexity index is 958. The van der Waals surface area contributed by atoms with Crippen LogP contribution in [0, 0.1) is 0 Å². The molecule has 0 saturated carbocycles. The monoisotopic (exact) mass is 831 g/mol. The fourth-order valence-corrected chi connectivity index (χ4v) is 7.49. The Labute approximate surface area is 366 Å². The van der Waals surface area contributed by atoms with Gasteiger partial charge >= 0.3 is 17.9 Å². The average Bonchev–Trinajstić information content (AvgIpc) is 3.23. The van der Waals surface area contributed by atoms with Gasteiger partial charge in [0.25, 0.3) is 0 Å². The van der Waals surface area contributed by atoms with E-state index in [0.29, 0.717) is 19.3 Å². The molecule has 0 aromatic carbocycles. The molecule has 0 spiro atoms. The minimum Gasteiger partial charge on any atom is -0.462 e. The molecule has 0 aliphatic heterocycles. The van der Waals surface area contributed by atoms with Gasteiger partial charge < -0.3 is 14.2 Å². The highest BCUT2D eigenvalue weighted by atomic mass is 16.6. The topological polar surface area (TPSA) is 78.9 Å². The van der Waals surface area contributed by atoms with Crippen molar-refractivity contribution in [2.24, 2.45) is 0 Å². The van der Waals surface area contributed by atoms with Crippen molar-refractivity contribution in [2.45, 2.75) is 284 Å². The van der Waals surface area contributed by atoms with E-state index in [2.05, 4.69) is 45.1 Å². The standard InChI is InChI=1S/C53H98O6/c1-4-7-10-13-16-19-22-25-26-27-29-31-34-37-40-43-46-52(55)58-49-50(48-57-51(54)45-42-39-36-33-30-24-21-18-15-12-9-6-3)59-53(56)47-44-41-38-35-32-28-23-20-17-14-11-8-5-2/h18,21,26-27,50H,4-17,19-20,22-25,28-49H2,1-3H3/b21-18-,27-26-/t50-/m1/s1. The number of hydrogen-bond acceptors (Lipinski definition) is 6. The van der Waals surface area contributed by atoms with Crippen LogP contribution in [0.2, 0.25) is 0 Å². The summed E-state index contributed by atoms with van der Waals surface area (Å²) in [6.07, 6.45) is 54.4. The van der Waals surface area contributed by atoms with Crippen LogP contribution in [0.4, 0.5) is 0 Å². The molecule has 0 aromatic rings. The van der Waals surface area contributed by atoms with Crippen molar-refractivity contribution in [3.8, 4) is 0 Å². The molecule has 0 bridgehead atoms. The first kappa shape index (κ1) is 56.9. The number of ether oxygens (including phenoxy) is 3. The maximum atomic E-state index is 12.8. The summed E-state index contributed by atoms with van der Waals surface area (Å²) in [5.41, 5.74) is 0. The molecule has 6 heteroatoms. The summed E-state index contributed by atoms with van der Waals surface area (Å²) in [6.45, 7) is 6.62. The number of rotatable bonds is 47. The molecule has 0 N–H and O–H groups in total. The molecule has 0 radical (unpaired) electrons. The van der Waals surface area contributed by atoms with E-state index in [1.54, 1.807) is 0 Å². The SMILES string of the molecule is CCCCC/C=C\CCCCCCCC(=O)OC[C@H](COC(=O)CCCCCCC/C=C\CCCCCCCCC)OC(=O)CCCCCCCCCCCCCCC. The van der Waals surface area contributed by atoms with Crippen molar-refractivity contribution in [1.82, 2.24) is 0 Å². The molecule has 0 heterocycles. The Morgan fingerprint density at radius 1 is 0.322 bits per heavy atom. The van der Waals surface area contributed by atoms with Gasteiger partial charge in [-0.25, -0.2) is 0 Å². The molecule has 346 valence electrons. The van der Waals surface area contributed by atoms with Gasteiger partial charge in [-0.2, -0.15) is 0 Å². The van der Waals surface area contributed by atoms with Crippen LogP contribution in [0.5, 0.6) is 0 Å². The molecule has 0 unspecified atom stereocenters. The van der Waals surface area contributed by atoms with Gasteiger partial charge in [-0.1, -0.05) is 212 Å². The number of allylic oxidation sites excluding steroid dienone is 4. The highest BCUT2D eigenvalue weighted by Gasteiger charge is 2.19. The molecule has 59 heavy (non-hydrogen) atoms. The Hall–Kier alpha value is -2.11. The van der Waals surface area contributed by atoms with Crippen molar-refractivity contribution < 1.29 is 28.6 Å². The summed E-state index contributed by atoms with van der Waals surface area (Å²) in [4.78, 5) is 37.9. The van der Waals surface area contributed by atoms with E-state index in [4.69, 9.17) is 14.2 Å². The quantitative estimate of drug-likeness (QED) is 0.0263. The summed E-state index contributed by atoms with van der Waals surface area (Å²) in [5.74, 6) is -0.879. The number of esters is 3. The van der Waals surface area contributed by atoms with E-state index < -0.39 is 6.10 Å². The normalized spacial score (nSPS) is 12.1. The zero-order valence-corrected chi connectivity index (χ0v) is 39.5. The molecular formula is C53H98O6. The van der Waals surface area contributed by atoms with Crippen LogP contribution < -0.4 is 0 Å². The second-order valence-electron chi connectivity index (χ2n) is 17.4. The predicted molar refractivity (Wildman–Crippen MR) is 252 cm³/mol. The number of unbranched alkanes of at least 4 members (excludes halogenated alkanes) is 32. The highest BCUT2D eigenvalue weighted by Crippen LogP contribution is 2.15. The zero-order chi connectivity index (χ0) is 43.0. The lowest BCUT2D eigenvalue weighted by atomic mass is 10.0. The van der Waals surface area contributed by atoms with Crippen molar-refractivity contribution >= 4 is 17.9 Å². The van der Waals surface area contributed by atoms with Crippen LogP contribution in [0.15, 0.2) is 24.3 Å². The lowest BCUT2D eigenvalue weighted by molar-refractivity contribution is -0.167. The Morgan fingerprint density at radius 3 is 0.881 bits per heavy atom. The van der Waals surface area contributed by atoms with Crippen molar-refractivity contribution in [3.63, 3.8) is 0 Å². The molecule has 0 aliphatic rings. The summed E-state index contributed by atoms with van der Waals surface area (Å²) in [5, 5.41) is 0. The molecule has 0 fully saturated rings. The Morgan fingerprint density at radius 2 is 0.559 bits per heavy atom. The van der Waals surface area contributed by atoms with Gasteiger partial charge in [0.1, 0.15) is 13.2 Å². The average molecular weight is 831 g/mol. The highest BCUT2D eigenvalue weighted by molar-refractivity contribution is 5.71. The number of hydrogen-bond donors (Lipinski definition) is 0. The maximum Gasteiger partial charge on any atom is 0.306 e. The maximum absolute atomic E-state index is 12.8. The van der Waals surface area contributed by atoms with Gasteiger partial charge in [-0.05, 0) is 70.6 Å². The molecule has 6 nitrogen and oxygen atoms in total. The minimum atomic E-state index is -0.772. The number of carbonyl (C=O) groups excluding carboxylic acids is 3. The number of carbonyl (C=O) groups is 3. The first-order valence-electron chi connectivity index (χ1n) is 25.8. The van der Waals surface area contributed by atoms with E-state index in [0.717, 1.165) is 70.6 Å². The van der Waals surface area contributed by atoms with Gasteiger partial charge in [0.05, 0.1) is 0 Å². The lowest BCUT2D eigenvalue weighted by Gasteiger charge is -2.18. The summed E-state index contributed by atoms with van der Waals surface area (Å²) < 4.78 is 16.8. The van der Waals surface area contributed by atoms with Gasteiger partial charge in [0.2, 0.25) is 0 Å². The smallest absolute Gasteiger partial charge is 0.306 e. The first-order chi connectivity index (χ1) is 29.0. The molecule has 0 aliphatic carbocycles. The van der Waals surface area contributed by atoms with E-state index in [-0.39, 0.29) is 31.1 Å². The molecule has 0 rings (SSSR count).